The zero-order chi connectivity index (χ0) is 11.8. The predicted octanol–water partition coefficient (Wildman–Crippen LogP) is 1.25. The van der Waals surface area contributed by atoms with Gasteiger partial charge in [0.05, 0.1) is 5.70 Å². The Morgan fingerprint density at radius 1 is 1.47 bits per heavy atom. The Morgan fingerprint density at radius 3 is 2.33 bits per heavy atom. The first kappa shape index (κ1) is 15.1. The van der Waals surface area contributed by atoms with Crippen LogP contribution in [0.2, 0.25) is 0 Å². The number of hydrogen-bond donors (Lipinski definition) is 1. The molecule has 6 heteroatoms. The number of rotatable bonds is 7. The van der Waals surface area contributed by atoms with Crippen molar-refractivity contribution in [3.63, 3.8) is 0 Å². The fourth-order valence-corrected chi connectivity index (χ4v) is 2.91. The highest BCUT2D eigenvalue weighted by Gasteiger charge is 2.14. The topological polar surface area (TPSA) is 67.5 Å². The summed E-state index contributed by atoms with van der Waals surface area (Å²) < 4.78 is 22.1. The van der Waals surface area contributed by atoms with E-state index in [-0.39, 0.29) is 6.29 Å². The highest BCUT2D eigenvalue weighted by molar-refractivity contribution is 8.18. The van der Waals surface area contributed by atoms with E-state index in [2.05, 4.69) is 0 Å². The predicted molar refractivity (Wildman–Crippen MR) is 65.8 cm³/mol. The fraction of sp³-hybridized carbons (Fsp3) is 0.778. The summed E-state index contributed by atoms with van der Waals surface area (Å²) in [5.74, 6) is 0. The summed E-state index contributed by atoms with van der Waals surface area (Å²) in [5, 5.41) is 0. The Balaban J connectivity index is 4.25. The minimum atomic E-state index is -1.02. The summed E-state index contributed by atoms with van der Waals surface area (Å²) in [6.45, 7) is 0. The molecule has 0 aromatic carbocycles. The second-order valence-electron chi connectivity index (χ2n) is 2.91. The molecule has 0 bridgehead atoms. The lowest BCUT2D eigenvalue weighted by Gasteiger charge is -2.14. The van der Waals surface area contributed by atoms with Crippen LogP contribution < -0.4 is 5.73 Å². The van der Waals surface area contributed by atoms with Crippen molar-refractivity contribution in [2.45, 2.75) is 19.1 Å². The summed E-state index contributed by atoms with van der Waals surface area (Å²) >= 11 is 0.410. The molecule has 0 fully saturated rings. The van der Waals surface area contributed by atoms with E-state index in [9.17, 15) is 4.55 Å². The molecule has 0 aliphatic carbocycles. The van der Waals surface area contributed by atoms with Gasteiger partial charge in [0.2, 0.25) is 4.24 Å². The lowest BCUT2D eigenvalue weighted by Crippen LogP contribution is -2.15. The molecule has 0 amide bonds. The van der Waals surface area contributed by atoms with Crippen LogP contribution in [0.15, 0.2) is 9.93 Å². The average molecular weight is 253 g/mol. The van der Waals surface area contributed by atoms with Crippen LogP contribution in [0.1, 0.15) is 12.8 Å². The fourth-order valence-electron chi connectivity index (χ4n) is 1.14. The molecule has 0 aromatic rings. The molecule has 2 N–H and O–H groups in total. The van der Waals surface area contributed by atoms with Crippen molar-refractivity contribution >= 4 is 22.9 Å². The van der Waals surface area contributed by atoms with E-state index in [1.54, 1.807) is 20.5 Å². The standard InChI is InChI=1S/C9H19NO3S2/c1-12-8(13-2)6-5-7(10)9(14-3)15(4)11/h8H,5-6,10H2,1-4H3/b9-7-. The van der Waals surface area contributed by atoms with Gasteiger partial charge in [0.1, 0.15) is 6.26 Å². The number of allylic oxidation sites excluding steroid dienone is 1. The third kappa shape index (κ3) is 5.67. The number of ether oxygens (including phenoxy) is 2. The minimum absolute atomic E-state index is 0.253. The van der Waals surface area contributed by atoms with Crippen LogP contribution in [-0.4, -0.2) is 37.6 Å². The molecular formula is C9H19NO3S2. The Kier molecular flexibility index (Phi) is 8.36. The van der Waals surface area contributed by atoms with Gasteiger partial charge in [-0.1, -0.05) is 11.8 Å². The molecule has 0 aliphatic heterocycles. The van der Waals surface area contributed by atoms with Crippen LogP contribution >= 0.6 is 11.8 Å². The largest absolute Gasteiger partial charge is 0.611 e. The Hall–Kier alpha value is 0.120. The molecule has 0 radical (unpaired) electrons. The maximum atomic E-state index is 11.3. The third-order valence-electron chi connectivity index (χ3n) is 1.88. The Morgan fingerprint density at radius 2 is 2.00 bits per heavy atom. The van der Waals surface area contributed by atoms with Crippen molar-refractivity contribution in [2.24, 2.45) is 5.73 Å². The average Bonchev–Trinajstić information content (AvgIpc) is 2.19. The van der Waals surface area contributed by atoms with Gasteiger partial charge in [0.15, 0.2) is 6.29 Å². The van der Waals surface area contributed by atoms with E-state index in [1.807, 2.05) is 6.26 Å². The number of thioether (sulfide) groups is 1. The van der Waals surface area contributed by atoms with Gasteiger partial charge in [0.25, 0.3) is 0 Å². The van der Waals surface area contributed by atoms with Crippen LogP contribution in [0.25, 0.3) is 0 Å². The third-order valence-corrected chi connectivity index (χ3v) is 4.51. The first-order valence-electron chi connectivity index (χ1n) is 4.48. The summed E-state index contributed by atoms with van der Waals surface area (Å²) in [7, 11) is 3.17. The Bertz CT molecular complexity index is 206. The zero-order valence-electron chi connectivity index (χ0n) is 9.61. The smallest absolute Gasteiger partial charge is 0.204 e. The molecule has 0 heterocycles. The van der Waals surface area contributed by atoms with E-state index in [4.69, 9.17) is 15.2 Å². The minimum Gasteiger partial charge on any atom is -0.611 e. The van der Waals surface area contributed by atoms with Crippen molar-refractivity contribution in [3.8, 4) is 0 Å². The number of nitrogens with two attached hydrogens (primary N) is 1. The van der Waals surface area contributed by atoms with E-state index >= 15 is 0 Å². The molecule has 0 aliphatic rings. The van der Waals surface area contributed by atoms with Gasteiger partial charge >= 0.3 is 0 Å². The van der Waals surface area contributed by atoms with E-state index in [0.717, 1.165) is 4.24 Å². The quantitative estimate of drug-likeness (QED) is 0.546. The van der Waals surface area contributed by atoms with Crippen LogP contribution in [0.4, 0.5) is 0 Å². The van der Waals surface area contributed by atoms with Crippen molar-refractivity contribution in [1.29, 1.82) is 0 Å². The maximum absolute atomic E-state index is 11.3. The lowest BCUT2D eigenvalue weighted by molar-refractivity contribution is -0.105. The van der Waals surface area contributed by atoms with Gasteiger partial charge in [-0.2, -0.15) is 0 Å². The van der Waals surface area contributed by atoms with Gasteiger partial charge in [-0.05, 0) is 23.9 Å². The number of hydrogen-bond acceptors (Lipinski definition) is 5. The van der Waals surface area contributed by atoms with Crippen LogP contribution in [-0.2, 0) is 20.6 Å². The van der Waals surface area contributed by atoms with Crippen molar-refractivity contribution in [1.82, 2.24) is 0 Å². The molecular weight excluding hydrogens is 234 g/mol. The van der Waals surface area contributed by atoms with Crippen molar-refractivity contribution in [3.05, 3.63) is 9.93 Å². The van der Waals surface area contributed by atoms with Crippen molar-refractivity contribution < 1.29 is 14.0 Å². The molecule has 0 rings (SSSR count). The van der Waals surface area contributed by atoms with Gasteiger partial charge < -0.3 is 19.8 Å². The summed E-state index contributed by atoms with van der Waals surface area (Å²) in [5.41, 5.74) is 6.50. The highest BCUT2D eigenvalue weighted by Crippen LogP contribution is 2.23. The maximum Gasteiger partial charge on any atom is 0.204 e. The van der Waals surface area contributed by atoms with Crippen LogP contribution in [0.3, 0.4) is 0 Å². The van der Waals surface area contributed by atoms with Crippen LogP contribution in [0.5, 0.6) is 0 Å². The second kappa shape index (κ2) is 8.29. The first-order valence-corrected chi connectivity index (χ1v) is 7.26. The summed E-state index contributed by atoms with van der Waals surface area (Å²) in [6, 6.07) is 0. The lowest BCUT2D eigenvalue weighted by atomic mass is 10.2. The van der Waals surface area contributed by atoms with Crippen LogP contribution in [0, 0.1) is 0 Å². The molecule has 1 atom stereocenters. The van der Waals surface area contributed by atoms with Gasteiger partial charge in [-0.3, -0.25) is 0 Å². The highest BCUT2D eigenvalue weighted by atomic mass is 32.3. The molecule has 90 valence electrons. The first-order chi connectivity index (χ1) is 7.06. The van der Waals surface area contributed by atoms with Gasteiger partial charge in [0, 0.05) is 20.6 Å². The monoisotopic (exact) mass is 253 g/mol. The second-order valence-corrected chi connectivity index (χ2v) is 5.30. The van der Waals surface area contributed by atoms with Gasteiger partial charge in [-0.25, -0.2) is 0 Å². The Labute approximate surface area is 98.8 Å². The summed E-state index contributed by atoms with van der Waals surface area (Å²) in [4.78, 5) is 0. The SMILES string of the molecule is COC(CC/C(N)=C(\SC)[S+](C)[O-])OC. The van der Waals surface area contributed by atoms with E-state index < -0.39 is 11.2 Å². The molecule has 0 spiro atoms. The normalized spacial score (nSPS) is 15.3. The van der Waals surface area contributed by atoms with Crippen molar-refractivity contribution in [2.75, 3.05) is 26.7 Å². The van der Waals surface area contributed by atoms with E-state index in [1.165, 1.54) is 11.8 Å². The molecule has 0 saturated heterocycles. The molecule has 0 saturated carbocycles. The molecule has 15 heavy (non-hydrogen) atoms. The molecule has 4 nitrogen and oxygen atoms in total. The van der Waals surface area contributed by atoms with Gasteiger partial charge in [-0.15, -0.1) is 0 Å². The number of methoxy groups -OCH3 is 2. The summed E-state index contributed by atoms with van der Waals surface area (Å²) in [6.07, 6.45) is 4.54. The van der Waals surface area contributed by atoms with E-state index in [0.29, 0.717) is 18.5 Å². The zero-order valence-corrected chi connectivity index (χ0v) is 11.2. The molecule has 0 aromatic heterocycles. The molecule has 1 unspecified atom stereocenters.